The normalized spacial score (nSPS) is 11.1. The van der Waals surface area contributed by atoms with Crippen LogP contribution in [0, 0.1) is 6.92 Å². The highest BCUT2D eigenvalue weighted by atomic mass is 127. The van der Waals surface area contributed by atoms with Gasteiger partial charge in [-0.05, 0) is 44.4 Å². The second kappa shape index (κ2) is 12.2. The predicted molar refractivity (Wildman–Crippen MR) is 129 cm³/mol. The molecule has 0 amide bonds. The molecule has 0 saturated heterocycles. The summed E-state index contributed by atoms with van der Waals surface area (Å²) in [4.78, 5) is 13.6. The van der Waals surface area contributed by atoms with Gasteiger partial charge in [0.25, 0.3) is 0 Å². The van der Waals surface area contributed by atoms with Crippen molar-refractivity contribution in [3.63, 3.8) is 0 Å². The maximum atomic E-state index is 4.78. The van der Waals surface area contributed by atoms with Crippen LogP contribution in [0.25, 0.3) is 0 Å². The molecule has 0 aliphatic rings. The van der Waals surface area contributed by atoms with E-state index in [9.17, 15) is 0 Å². The van der Waals surface area contributed by atoms with Gasteiger partial charge in [0.1, 0.15) is 0 Å². The van der Waals surface area contributed by atoms with E-state index in [0.717, 1.165) is 49.1 Å². The van der Waals surface area contributed by atoms with Crippen molar-refractivity contribution in [3.8, 4) is 0 Å². The van der Waals surface area contributed by atoms with Crippen LogP contribution in [0.15, 0.2) is 34.6 Å². The lowest BCUT2D eigenvalue weighted by molar-refractivity contribution is 0.470. The quantitative estimate of drug-likeness (QED) is 0.255. The van der Waals surface area contributed by atoms with Crippen LogP contribution in [0.1, 0.15) is 29.6 Å². The zero-order valence-corrected chi connectivity index (χ0v) is 20.2. The van der Waals surface area contributed by atoms with Gasteiger partial charge in [-0.15, -0.1) is 35.3 Å². The number of nitrogens with one attached hydrogen (secondary N) is 1. The van der Waals surface area contributed by atoms with E-state index >= 15 is 0 Å². The maximum absolute atomic E-state index is 4.78. The first-order valence-electron chi connectivity index (χ1n) is 9.16. The first kappa shape index (κ1) is 23.7. The van der Waals surface area contributed by atoms with Crippen LogP contribution in [0.3, 0.4) is 0 Å². The number of aromatic nitrogens is 1. The smallest absolute Gasteiger partial charge is 0.194 e. The third kappa shape index (κ3) is 8.04. The van der Waals surface area contributed by atoms with Crippen molar-refractivity contribution in [1.29, 1.82) is 0 Å². The largest absolute Gasteiger partial charge is 0.378 e. The number of thiazole rings is 1. The number of halogens is 1. The number of aryl methyl sites for hydroxylation is 2. The van der Waals surface area contributed by atoms with Gasteiger partial charge in [0, 0.05) is 45.3 Å². The Labute approximate surface area is 184 Å². The molecule has 5 nitrogen and oxygen atoms in total. The minimum atomic E-state index is 0. The molecule has 7 heteroatoms. The number of nitrogens with zero attached hydrogens (tertiary/aromatic N) is 4. The highest BCUT2D eigenvalue weighted by Gasteiger charge is 2.08. The van der Waals surface area contributed by atoms with Gasteiger partial charge in [-0.3, -0.25) is 4.99 Å². The molecule has 0 spiro atoms. The molecule has 0 unspecified atom stereocenters. The molecule has 0 saturated carbocycles. The summed E-state index contributed by atoms with van der Waals surface area (Å²) in [5.74, 6) is 0.945. The fourth-order valence-electron chi connectivity index (χ4n) is 2.70. The number of anilines is 1. The van der Waals surface area contributed by atoms with E-state index < -0.39 is 0 Å². The van der Waals surface area contributed by atoms with Crippen LogP contribution >= 0.6 is 35.3 Å². The first-order chi connectivity index (χ1) is 12.5. The standard InChI is InChI=1S/C20H31N5S.HI/c1-6-21-20(25(5)14-18-15-26-16(2)23-18)22-13-7-8-17-9-11-19(12-10-17)24(3)4;/h9-12,15H,6-8,13-14H2,1-5H3,(H,21,22);1H. The van der Waals surface area contributed by atoms with E-state index in [0.29, 0.717) is 0 Å². The first-order valence-corrected chi connectivity index (χ1v) is 10.0. The lowest BCUT2D eigenvalue weighted by atomic mass is 10.1. The molecule has 2 rings (SSSR count). The highest BCUT2D eigenvalue weighted by Crippen LogP contribution is 2.13. The molecular weight excluding hydrogens is 469 g/mol. The minimum Gasteiger partial charge on any atom is -0.378 e. The Morgan fingerprint density at radius 2 is 1.89 bits per heavy atom. The Hall–Kier alpha value is -1.35. The summed E-state index contributed by atoms with van der Waals surface area (Å²) in [6.45, 7) is 6.60. The fourth-order valence-corrected chi connectivity index (χ4v) is 3.30. The minimum absolute atomic E-state index is 0. The van der Waals surface area contributed by atoms with Crippen LogP contribution in [-0.4, -0.2) is 50.1 Å². The van der Waals surface area contributed by atoms with Gasteiger partial charge in [-0.25, -0.2) is 4.98 Å². The molecule has 0 aliphatic heterocycles. The Morgan fingerprint density at radius 1 is 1.19 bits per heavy atom. The van der Waals surface area contributed by atoms with E-state index in [1.165, 1.54) is 11.3 Å². The summed E-state index contributed by atoms with van der Waals surface area (Å²) in [5.41, 5.74) is 3.70. The van der Waals surface area contributed by atoms with Gasteiger partial charge in [0.15, 0.2) is 5.96 Å². The third-order valence-corrected chi connectivity index (χ3v) is 4.92. The van der Waals surface area contributed by atoms with Crippen molar-refractivity contribution in [2.75, 3.05) is 39.1 Å². The van der Waals surface area contributed by atoms with Crippen molar-refractivity contribution < 1.29 is 0 Å². The molecule has 1 aromatic heterocycles. The van der Waals surface area contributed by atoms with Crippen molar-refractivity contribution >= 4 is 47.0 Å². The van der Waals surface area contributed by atoms with E-state index in [1.54, 1.807) is 11.3 Å². The van der Waals surface area contributed by atoms with Gasteiger partial charge >= 0.3 is 0 Å². The third-order valence-electron chi connectivity index (χ3n) is 4.10. The monoisotopic (exact) mass is 501 g/mol. The number of guanidine groups is 1. The number of hydrogen-bond donors (Lipinski definition) is 1. The molecule has 0 atom stereocenters. The Morgan fingerprint density at radius 3 is 2.44 bits per heavy atom. The van der Waals surface area contributed by atoms with Gasteiger partial charge < -0.3 is 15.1 Å². The van der Waals surface area contributed by atoms with Gasteiger partial charge in [-0.1, -0.05) is 12.1 Å². The maximum Gasteiger partial charge on any atom is 0.194 e. The van der Waals surface area contributed by atoms with E-state index in [1.807, 2.05) is 6.92 Å². The van der Waals surface area contributed by atoms with Crippen molar-refractivity contribution in [3.05, 3.63) is 45.9 Å². The fraction of sp³-hybridized carbons (Fsp3) is 0.500. The van der Waals surface area contributed by atoms with E-state index in [-0.39, 0.29) is 24.0 Å². The van der Waals surface area contributed by atoms with Crippen LogP contribution in [0.2, 0.25) is 0 Å². The van der Waals surface area contributed by atoms with Crippen LogP contribution in [-0.2, 0) is 13.0 Å². The molecule has 1 heterocycles. The average molecular weight is 501 g/mol. The number of rotatable bonds is 8. The van der Waals surface area contributed by atoms with Crippen molar-refractivity contribution in [2.45, 2.75) is 33.2 Å². The molecule has 2 aromatic rings. The van der Waals surface area contributed by atoms with E-state index in [2.05, 4.69) is 77.8 Å². The molecule has 27 heavy (non-hydrogen) atoms. The van der Waals surface area contributed by atoms with Crippen molar-refractivity contribution in [1.82, 2.24) is 15.2 Å². The lowest BCUT2D eigenvalue weighted by Crippen LogP contribution is -2.38. The molecule has 0 aliphatic carbocycles. The zero-order valence-electron chi connectivity index (χ0n) is 17.0. The Bertz CT molecular complexity index is 697. The highest BCUT2D eigenvalue weighted by molar-refractivity contribution is 14.0. The Balaban J connectivity index is 0.00000364. The summed E-state index contributed by atoms with van der Waals surface area (Å²) in [6.07, 6.45) is 2.09. The second-order valence-electron chi connectivity index (χ2n) is 6.61. The molecule has 1 N–H and O–H groups in total. The molecule has 150 valence electrons. The molecule has 0 radical (unpaired) electrons. The molecule has 0 fully saturated rings. The summed E-state index contributed by atoms with van der Waals surface area (Å²) in [7, 11) is 6.20. The van der Waals surface area contributed by atoms with Crippen molar-refractivity contribution in [2.24, 2.45) is 4.99 Å². The van der Waals surface area contributed by atoms with Crippen LogP contribution in [0.5, 0.6) is 0 Å². The molecule has 0 bridgehead atoms. The predicted octanol–water partition coefficient (Wildman–Crippen LogP) is 4.17. The number of benzene rings is 1. The second-order valence-corrected chi connectivity index (χ2v) is 7.68. The number of aliphatic imine (C=N–C) groups is 1. The van der Waals surface area contributed by atoms with E-state index in [4.69, 9.17) is 4.99 Å². The molecular formula is C20H32IN5S. The summed E-state index contributed by atoms with van der Waals surface area (Å²) in [5, 5.41) is 6.60. The summed E-state index contributed by atoms with van der Waals surface area (Å²) in [6, 6.07) is 8.76. The van der Waals surface area contributed by atoms with Gasteiger partial charge in [-0.2, -0.15) is 0 Å². The SMILES string of the molecule is CCNC(=NCCCc1ccc(N(C)C)cc1)N(C)Cc1csc(C)n1.I. The van der Waals surface area contributed by atoms with Gasteiger partial charge in [0.05, 0.1) is 17.2 Å². The lowest BCUT2D eigenvalue weighted by Gasteiger charge is -2.21. The van der Waals surface area contributed by atoms with Crippen LogP contribution in [0.4, 0.5) is 5.69 Å². The van der Waals surface area contributed by atoms with Crippen LogP contribution < -0.4 is 10.2 Å². The van der Waals surface area contributed by atoms with Gasteiger partial charge in [0.2, 0.25) is 0 Å². The average Bonchev–Trinajstić information content (AvgIpc) is 3.02. The summed E-state index contributed by atoms with van der Waals surface area (Å²) < 4.78 is 0. The topological polar surface area (TPSA) is 43.8 Å². The number of hydrogen-bond acceptors (Lipinski definition) is 4. The summed E-state index contributed by atoms with van der Waals surface area (Å²) >= 11 is 1.69. The Kier molecular flexibility index (Phi) is 10.7. The zero-order chi connectivity index (χ0) is 18.9. The molecule has 1 aromatic carbocycles.